The van der Waals surface area contributed by atoms with Crippen LogP contribution in [0.4, 0.5) is 17.6 Å². The summed E-state index contributed by atoms with van der Waals surface area (Å²) in [6.45, 7) is -6.61. The monoisotopic (exact) mass is 528 g/mol. The zero-order valence-electron chi connectivity index (χ0n) is 20.0. The Morgan fingerprint density at radius 1 is 0.763 bits per heavy atom. The molecule has 0 spiro atoms. The van der Waals surface area contributed by atoms with Gasteiger partial charge in [-0.15, -0.1) is 0 Å². The molecular weight excluding hydrogens is 504 g/mol. The van der Waals surface area contributed by atoms with Gasteiger partial charge < -0.3 is 19.8 Å². The Kier molecular flexibility index (Phi) is 8.75. The van der Waals surface area contributed by atoms with Crippen molar-refractivity contribution in [1.29, 1.82) is 0 Å². The summed E-state index contributed by atoms with van der Waals surface area (Å²) in [6, 6.07) is 20.1. The van der Waals surface area contributed by atoms with Gasteiger partial charge in [0.15, 0.2) is 23.9 Å². The summed E-state index contributed by atoms with van der Waals surface area (Å²) < 4.78 is 61.2. The van der Waals surface area contributed by atoms with Crippen molar-refractivity contribution < 1.29 is 36.9 Å². The van der Waals surface area contributed by atoms with Crippen LogP contribution in [-0.2, 0) is 6.42 Å². The summed E-state index contributed by atoms with van der Waals surface area (Å²) in [5.74, 6) is -1.87. The number of hydrogen-bond donors (Lipinski definition) is 1. The molecule has 0 saturated heterocycles. The number of alkyl halides is 4. The quantitative estimate of drug-likeness (QED) is 0.160. The molecule has 2 atom stereocenters. The van der Waals surface area contributed by atoms with E-state index in [1.807, 2.05) is 36.4 Å². The second-order valence-corrected chi connectivity index (χ2v) is 8.45. The van der Waals surface area contributed by atoms with Gasteiger partial charge in [0.1, 0.15) is 0 Å². The molecule has 0 aliphatic carbocycles. The molecule has 0 aliphatic rings. The maximum atomic E-state index is 13.0. The number of aromatic nitrogens is 2. The van der Waals surface area contributed by atoms with E-state index in [4.69, 9.17) is 0 Å². The van der Waals surface area contributed by atoms with Crippen LogP contribution in [0.3, 0.4) is 0 Å². The Hall–Kier alpha value is -4.18. The second kappa shape index (κ2) is 12.4. The predicted molar refractivity (Wildman–Crippen MR) is 130 cm³/mol. The van der Waals surface area contributed by atoms with Gasteiger partial charge in [-0.1, -0.05) is 42.5 Å². The van der Waals surface area contributed by atoms with E-state index in [9.17, 15) is 27.9 Å². The summed E-state index contributed by atoms with van der Waals surface area (Å²) in [6.07, 6.45) is 4.62. The van der Waals surface area contributed by atoms with Crippen LogP contribution in [0.5, 0.6) is 11.5 Å². The Morgan fingerprint density at radius 3 is 2.03 bits per heavy atom. The molecule has 0 fully saturated rings. The minimum Gasteiger partial charge on any atom is -0.619 e. The van der Waals surface area contributed by atoms with Crippen molar-refractivity contribution in [2.45, 2.75) is 31.5 Å². The topological polar surface area (TPSA) is 78.5 Å². The third-order valence-corrected chi connectivity index (χ3v) is 6.07. The van der Waals surface area contributed by atoms with Gasteiger partial charge >= 0.3 is 13.2 Å². The first-order valence-electron chi connectivity index (χ1n) is 11.7. The third kappa shape index (κ3) is 6.77. The number of ether oxygens (including phenoxy) is 2. The lowest BCUT2D eigenvalue weighted by atomic mass is 9.87. The molecule has 0 aliphatic heterocycles. The standard InChI is InChI=1S/C28H24F4N2O4/c29-27(30)37-25-9-7-20(15-26(25)38-28(31)32)22(14-18-10-12-34(36)13-11-18)24-8-6-21(16-33-24)23(17-35)19-4-2-1-3-5-19/h1-13,15-16,22-23,27-28,35H,14,17H2. The first-order chi connectivity index (χ1) is 18.3. The summed E-state index contributed by atoms with van der Waals surface area (Å²) in [5, 5.41) is 21.5. The van der Waals surface area contributed by atoms with Crippen molar-refractivity contribution in [2.75, 3.05) is 6.61 Å². The van der Waals surface area contributed by atoms with E-state index in [0.717, 1.165) is 22.8 Å². The number of aliphatic hydroxyl groups excluding tert-OH is 1. The van der Waals surface area contributed by atoms with E-state index in [-0.39, 0.29) is 12.5 Å². The number of pyridine rings is 2. The van der Waals surface area contributed by atoms with Gasteiger partial charge in [-0.05, 0) is 46.9 Å². The first-order valence-corrected chi connectivity index (χ1v) is 11.7. The first kappa shape index (κ1) is 26.9. The Labute approximate surface area is 216 Å². The van der Waals surface area contributed by atoms with E-state index in [1.165, 1.54) is 24.5 Å². The van der Waals surface area contributed by atoms with Gasteiger partial charge in [0.05, 0.1) is 6.61 Å². The van der Waals surface area contributed by atoms with Crippen molar-refractivity contribution in [2.24, 2.45) is 0 Å². The van der Waals surface area contributed by atoms with Gasteiger partial charge in [-0.3, -0.25) is 4.98 Å². The highest BCUT2D eigenvalue weighted by Crippen LogP contribution is 2.37. The van der Waals surface area contributed by atoms with Gasteiger partial charge in [-0.25, -0.2) is 0 Å². The average molecular weight is 529 g/mol. The van der Waals surface area contributed by atoms with Crippen LogP contribution < -0.4 is 14.2 Å². The number of benzene rings is 2. The molecule has 6 nitrogen and oxygen atoms in total. The van der Waals surface area contributed by atoms with E-state index in [2.05, 4.69) is 14.5 Å². The van der Waals surface area contributed by atoms with Crippen LogP contribution >= 0.6 is 0 Å². The molecule has 0 bridgehead atoms. The fourth-order valence-electron chi connectivity index (χ4n) is 4.25. The fraction of sp³-hybridized carbons (Fsp3) is 0.214. The molecule has 4 aromatic rings. The van der Waals surface area contributed by atoms with Crippen molar-refractivity contribution in [3.05, 3.63) is 125 Å². The van der Waals surface area contributed by atoms with Crippen molar-refractivity contribution in [3.63, 3.8) is 0 Å². The third-order valence-electron chi connectivity index (χ3n) is 6.07. The van der Waals surface area contributed by atoms with Crippen LogP contribution in [0.2, 0.25) is 0 Å². The minimum atomic E-state index is -3.25. The van der Waals surface area contributed by atoms with Crippen molar-refractivity contribution >= 4 is 0 Å². The summed E-state index contributed by atoms with van der Waals surface area (Å²) in [5.41, 5.74) is 3.47. The van der Waals surface area contributed by atoms with Gasteiger partial charge in [-0.2, -0.15) is 22.3 Å². The zero-order valence-corrected chi connectivity index (χ0v) is 20.0. The van der Waals surface area contributed by atoms with Crippen LogP contribution in [0, 0.1) is 5.21 Å². The van der Waals surface area contributed by atoms with Gasteiger partial charge in [0.25, 0.3) is 0 Å². The molecular formula is C28H24F4N2O4. The molecule has 2 unspecified atom stereocenters. The van der Waals surface area contributed by atoms with Crippen LogP contribution in [-0.4, -0.2) is 29.9 Å². The summed E-state index contributed by atoms with van der Waals surface area (Å²) >= 11 is 0. The molecule has 0 saturated carbocycles. The number of nitrogens with zero attached hydrogens (tertiary/aromatic N) is 2. The molecule has 1 N–H and O–H groups in total. The number of aliphatic hydroxyl groups is 1. The largest absolute Gasteiger partial charge is 0.619 e. The van der Waals surface area contributed by atoms with Crippen molar-refractivity contribution in [1.82, 2.24) is 4.98 Å². The number of rotatable bonds is 11. The normalized spacial score (nSPS) is 12.9. The molecule has 0 amide bonds. The lowest BCUT2D eigenvalue weighted by Gasteiger charge is -2.21. The molecule has 38 heavy (non-hydrogen) atoms. The molecule has 2 aromatic heterocycles. The Balaban J connectivity index is 1.72. The molecule has 2 aromatic carbocycles. The lowest BCUT2D eigenvalue weighted by Crippen LogP contribution is -2.24. The molecule has 2 heterocycles. The average Bonchev–Trinajstić information content (AvgIpc) is 2.90. The van der Waals surface area contributed by atoms with Crippen molar-refractivity contribution in [3.8, 4) is 11.5 Å². The van der Waals surface area contributed by atoms with Crippen LogP contribution in [0.25, 0.3) is 0 Å². The van der Waals surface area contributed by atoms with E-state index >= 15 is 0 Å². The Bertz CT molecular complexity index is 1310. The van der Waals surface area contributed by atoms with Crippen LogP contribution in [0.1, 0.15) is 39.8 Å². The number of hydrogen-bond acceptors (Lipinski definition) is 5. The molecule has 4 rings (SSSR count). The zero-order chi connectivity index (χ0) is 27.1. The highest BCUT2D eigenvalue weighted by molar-refractivity contribution is 5.46. The maximum absolute atomic E-state index is 13.0. The summed E-state index contributed by atoms with van der Waals surface area (Å²) in [4.78, 5) is 4.61. The fourth-order valence-corrected chi connectivity index (χ4v) is 4.25. The molecule has 10 heteroatoms. The van der Waals surface area contributed by atoms with Gasteiger partial charge in [0.2, 0.25) is 0 Å². The predicted octanol–water partition coefficient (Wildman–Crippen LogP) is 5.42. The molecule has 198 valence electrons. The minimum absolute atomic E-state index is 0.131. The highest BCUT2D eigenvalue weighted by atomic mass is 19.3. The maximum Gasteiger partial charge on any atom is 0.387 e. The lowest BCUT2D eigenvalue weighted by molar-refractivity contribution is -0.605. The smallest absolute Gasteiger partial charge is 0.387 e. The highest BCUT2D eigenvalue weighted by Gasteiger charge is 2.23. The van der Waals surface area contributed by atoms with E-state index in [0.29, 0.717) is 22.4 Å². The number of halogens is 4. The van der Waals surface area contributed by atoms with E-state index < -0.39 is 30.6 Å². The van der Waals surface area contributed by atoms with Gasteiger partial charge in [0, 0.05) is 35.9 Å². The SMILES string of the molecule is [O-][n+]1ccc(CC(c2ccc(OC(F)F)c(OC(F)F)c2)c2ccc(C(CO)c3ccccc3)cn2)cc1. The second-order valence-electron chi connectivity index (χ2n) is 8.45. The van der Waals surface area contributed by atoms with E-state index in [1.54, 1.807) is 24.4 Å². The summed E-state index contributed by atoms with van der Waals surface area (Å²) in [7, 11) is 0. The molecule has 0 radical (unpaired) electrons. The Morgan fingerprint density at radius 2 is 1.42 bits per heavy atom. The van der Waals surface area contributed by atoms with Crippen LogP contribution in [0.15, 0.2) is 91.4 Å².